The van der Waals surface area contributed by atoms with Gasteiger partial charge < -0.3 is 0 Å². The fourth-order valence-electron chi connectivity index (χ4n) is 2.01. The molecule has 1 aliphatic rings. The van der Waals surface area contributed by atoms with Gasteiger partial charge in [0.1, 0.15) is 0 Å². The number of imide groups is 1. The average molecular weight is 307 g/mol. The van der Waals surface area contributed by atoms with Crippen LogP contribution in [0.25, 0.3) is 0 Å². The van der Waals surface area contributed by atoms with E-state index < -0.39 is 11.7 Å². The summed E-state index contributed by atoms with van der Waals surface area (Å²) < 4.78 is 36.5. The summed E-state index contributed by atoms with van der Waals surface area (Å²) in [4.78, 5) is 25.1. The number of carbonyl (C=O) groups excluding carboxylic acids is 2. The van der Waals surface area contributed by atoms with Crippen molar-refractivity contribution < 1.29 is 22.8 Å². The molecule has 0 atom stereocenters. The molecule has 0 unspecified atom stereocenters. The first kappa shape index (κ1) is 15.8. The summed E-state index contributed by atoms with van der Waals surface area (Å²) in [5.41, 5.74) is -0.402. The zero-order chi connectivity index (χ0) is 16.3. The number of nitrogens with zero attached hydrogens (tertiary/aromatic N) is 1. The summed E-state index contributed by atoms with van der Waals surface area (Å²) >= 11 is 0. The Morgan fingerprint density at radius 1 is 1.14 bits per heavy atom. The van der Waals surface area contributed by atoms with Crippen molar-refractivity contribution in [2.24, 2.45) is 0 Å². The Balaban J connectivity index is 1.90. The summed E-state index contributed by atoms with van der Waals surface area (Å²) in [5, 5.41) is 0. The third kappa shape index (κ3) is 3.19. The quantitative estimate of drug-likeness (QED) is 0.488. The van der Waals surface area contributed by atoms with Gasteiger partial charge in [-0.1, -0.05) is 30.6 Å². The number of benzene rings is 1. The molecule has 6 heteroatoms. The van der Waals surface area contributed by atoms with Crippen molar-refractivity contribution in [1.29, 1.82) is 0 Å². The maximum Gasteiger partial charge on any atom is 0.423 e. The molecule has 0 saturated carbocycles. The number of rotatable bonds is 3. The number of carbonyl (C=O) groups is 2. The predicted molar refractivity (Wildman–Crippen MR) is 74.0 cm³/mol. The highest BCUT2D eigenvalue weighted by molar-refractivity contribution is 6.21. The molecule has 0 aromatic heterocycles. The number of amides is 2. The van der Waals surface area contributed by atoms with Crippen LogP contribution in [-0.2, 0) is 0 Å². The van der Waals surface area contributed by atoms with Crippen LogP contribution in [0.15, 0.2) is 36.4 Å². The molecule has 1 aromatic carbocycles. The van der Waals surface area contributed by atoms with E-state index >= 15 is 0 Å². The number of hydrogen-bond acceptors (Lipinski definition) is 2. The van der Waals surface area contributed by atoms with Gasteiger partial charge in [-0.05, 0) is 18.6 Å². The molecular weight excluding hydrogens is 295 g/mol. The summed E-state index contributed by atoms with van der Waals surface area (Å²) in [7, 11) is 0. The zero-order valence-electron chi connectivity index (χ0n) is 11.5. The first-order valence-electron chi connectivity index (χ1n) is 6.52. The lowest BCUT2D eigenvalue weighted by Crippen LogP contribution is -2.30. The fourth-order valence-corrected chi connectivity index (χ4v) is 2.01. The van der Waals surface area contributed by atoms with E-state index in [1.807, 2.05) is 5.92 Å². The number of unbranched alkanes of at least 4 members (excludes halogenated alkanes) is 1. The van der Waals surface area contributed by atoms with Crippen LogP contribution in [0.1, 0.15) is 33.6 Å². The van der Waals surface area contributed by atoms with Crippen molar-refractivity contribution in [3.05, 3.63) is 47.5 Å². The van der Waals surface area contributed by atoms with Crippen molar-refractivity contribution >= 4 is 11.8 Å². The Bertz CT molecular complexity index is 660. The molecule has 114 valence electrons. The van der Waals surface area contributed by atoms with Crippen molar-refractivity contribution in [1.82, 2.24) is 4.90 Å². The topological polar surface area (TPSA) is 37.4 Å². The van der Waals surface area contributed by atoms with E-state index in [0.29, 0.717) is 17.5 Å². The van der Waals surface area contributed by atoms with Crippen LogP contribution in [0.4, 0.5) is 13.2 Å². The zero-order valence-corrected chi connectivity index (χ0v) is 11.5. The largest absolute Gasteiger partial charge is 0.423 e. The lowest BCUT2D eigenvalue weighted by molar-refractivity contribution is -0.0868. The molecule has 0 spiro atoms. The van der Waals surface area contributed by atoms with Crippen LogP contribution >= 0.6 is 0 Å². The Morgan fingerprint density at radius 3 is 2.18 bits per heavy atom. The predicted octanol–water partition coefficient (Wildman–Crippen LogP) is 3.18. The summed E-state index contributed by atoms with van der Waals surface area (Å²) in [6, 6.07) is 6.48. The standard InChI is InChI=1S/C16H12F3NO2/c1-11(16(17,18)19)7-3-2-6-10-20-14(21)12-8-4-5-9-13(12)15(20)22/h4-5,8-9H,1-2,6,10H2. The number of alkyl halides is 3. The molecule has 2 rings (SSSR count). The van der Waals surface area contributed by atoms with Gasteiger partial charge in [0.05, 0.1) is 16.7 Å². The molecule has 0 fully saturated rings. The molecule has 0 saturated heterocycles. The van der Waals surface area contributed by atoms with E-state index in [0.717, 1.165) is 4.90 Å². The van der Waals surface area contributed by atoms with Crippen molar-refractivity contribution in [3.8, 4) is 11.8 Å². The SMILES string of the molecule is C=C(C#CCCCN1C(=O)c2ccccc2C1=O)C(F)(F)F. The highest BCUT2D eigenvalue weighted by Crippen LogP contribution is 2.24. The minimum absolute atomic E-state index is 0.125. The Kier molecular flexibility index (Phi) is 4.36. The van der Waals surface area contributed by atoms with Crippen molar-refractivity contribution in [3.63, 3.8) is 0 Å². The maximum absolute atomic E-state index is 12.2. The second kappa shape index (κ2) is 6.06. The van der Waals surface area contributed by atoms with E-state index in [1.54, 1.807) is 24.3 Å². The van der Waals surface area contributed by atoms with Crippen LogP contribution in [0.2, 0.25) is 0 Å². The molecule has 0 radical (unpaired) electrons. The smallest absolute Gasteiger partial charge is 0.274 e. The van der Waals surface area contributed by atoms with E-state index in [1.165, 1.54) is 0 Å². The molecule has 1 aromatic rings. The molecule has 3 nitrogen and oxygen atoms in total. The second-order valence-corrected chi connectivity index (χ2v) is 4.69. The van der Waals surface area contributed by atoms with Crippen LogP contribution < -0.4 is 0 Å². The molecular formula is C16H12F3NO2. The molecule has 1 heterocycles. The lowest BCUT2D eigenvalue weighted by Gasteiger charge is -2.12. The fraction of sp³-hybridized carbons (Fsp3) is 0.250. The first-order valence-corrected chi connectivity index (χ1v) is 6.52. The van der Waals surface area contributed by atoms with E-state index in [2.05, 4.69) is 12.5 Å². The van der Waals surface area contributed by atoms with Gasteiger partial charge in [-0.15, -0.1) is 0 Å². The van der Waals surface area contributed by atoms with E-state index in [-0.39, 0.29) is 24.8 Å². The van der Waals surface area contributed by atoms with Gasteiger partial charge in [-0.25, -0.2) is 0 Å². The molecule has 0 bridgehead atoms. The van der Waals surface area contributed by atoms with Gasteiger partial charge in [-0.3, -0.25) is 14.5 Å². The van der Waals surface area contributed by atoms with Crippen LogP contribution in [0.3, 0.4) is 0 Å². The Hall–Kier alpha value is -2.55. The van der Waals surface area contributed by atoms with Gasteiger partial charge in [0.15, 0.2) is 0 Å². The second-order valence-electron chi connectivity index (χ2n) is 4.69. The summed E-state index contributed by atoms with van der Waals surface area (Å²) in [5.74, 6) is 3.51. The van der Waals surface area contributed by atoms with Crippen LogP contribution in [0, 0.1) is 11.8 Å². The number of allylic oxidation sites excluding steroid dienone is 1. The summed E-state index contributed by atoms with van der Waals surface area (Å²) in [6.45, 7) is 2.96. The van der Waals surface area contributed by atoms with Gasteiger partial charge in [0.25, 0.3) is 11.8 Å². The minimum atomic E-state index is -4.52. The maximum atomic E-state index is 12.2. The Labute approximate surface area is 125 Å². The van der Waals surface area contributed by atoms with Gasteiger partial charge in [-0.2, -0.15) is 13.2 Å². The van der Waals surface area contributed by atoms with E-state index in [4.69, 9.17) is 0 Å². The van der Waals surface area contributed by atoms with Gasteiger partial charge >= 0.3 is 6.18 Å². The molecule has 0 N–H and O–H groups in total. The number of hydrogen-bond donors (Lipinski definition) is 0. The third-order valence-corrected chi connectivity index (χ3v) is 3.14. The van der Waals surface area contributed by atoms with Crippen molar-refractivity contribution in [2.75, 3.05) is 6.54 Å². The highest BCUT2D eigenvalue weighted by Gasteiger charge is 2.34. The monoisotopic (exact) mass is 307 g/mol. The minimum Gasteiger partial charge on any atom is -0.274 e. The molecule has 22 heavy (non-hydrogen) atoms. The van der Waals surface area contributed by atoms with Gasteiger partial charge in [0.2, 0.25) is 0 Å². The third-order valence-electron chi connectivity index (χ3n) is 3.14. The van der Waals surface area contributed by atoms with Gasteiger partial charge in [0, 0.05) is 13.0 Å². The average Bonchev–Trinajstić information content (AvgIpc) is 2.71. The van der Waals surface area contributed by atoms with E-state index in [9.17, 15) is 22.8 Å². The molecule has 1 aliphatic heterocycles. The van der Waals surface area contributed by atoms with Crippen molar-refractivity contribution in [2.45, 2.75) is 19.0 Å². The highest BCUT2D eigenvalue weighted by atomic mass is 19.4. The molecule has 0 aliphatic carbocycles. The first-order chi connectivity index (χ1) is 10.3. The Morgan fingerprint density at radius 2 is 1.68 bits per heavy atom. The number of fused-ring (bicyclic) bond motifs is 1. The summed E-state index contributed by atoms with van der Waals surface area (Å²) in [6.07, 6.45) is -4.07. The molecule has 2 amide bonds. The normalized spacial score (nSPS) is 13.7. The lowest BCUT2D eigenvalue weighted by atomic mass is 10.1. The number of halogens is 3. The van der Waals surface area contributed by atoms with Crippen LogP contribution in [0.5, 0.6) is 0 Å². The van der Waals surface area contributed by atoms with Crippen LogP contribution in [-0.4, -0.2) is 29.4 Å².